The van der Waals surface area contributed by atoms with Crippen LogP contribution in [0.1, 0.15) is 53.4 Å². The van der Waals surface area contributed by atoms with E-state index in [0.29, 0.717) is 49.1 Å². The van der Waals surface area contributed by atoms with Gasteiger partial charge in [0.15, 0.2) is 0 Å². The zero-order valence-corrected chi connectivity index (χ0v) is 22.5. The molecule has 1 aromatic carbocycles. The number of alkyl halides is 3. The Bertz CT molecular complexity index is 1280. The lowest BCUT2D eigenvalue weighted by Gasteiger charge is -2.42. The van der Waals surface area contributed by atoms with Crippen molar-refractivity contribution in [3.63, 3.8) is 0 Å². The van der Waals surface area contributed by atoms with E-state index in [0.717, 1.165) is 0 Å². The van der Waals surface area contributed by atoms with E-state index in [2.05, 4.69) is 10.3 Å². The Morgan fingerprint density at radius 1 is 1.11 bits per heavy atom. The summed E-state index contributed by atoms with van der Waals surface area (Å²) in [5.74, 6) is 0.334. The molecular weight excluding hydrogens is 505 g/mol. The molecule has 3 heterocycles. The maximum atomic E-state index is 13.6. The molecule has 2 unspecified atom stereocenters. The first-order chi connectivity index (χ1) is 17.1. The Balaban J connectivity index is 1.53. The summed E-state index contributed by atoms with van der Waals surface area (Å²) in [5, 5.41) is 3.56. The Kier molecular flexibility index (Phi) is 7.26. The molecule has 0 aliphatic carbocycles. The van der Waals surface area contributed by atoms with Crippen LogP contribution in [-0.2, 0) is 14.8 Å². The van der Waals surface area contributed by atoms with Crippen LogP contribution in [-0.4, -0.2) is 62.0 Å². The Labute approximate surface area is 216 Å². The van der Waals surface area contributed by atoms with Crippen molar-refractivity contribution in [2.24, 2.45) is 10.8 Å². The number of fused-ring (bicyclic) bond motifs is 1. The molecule has 0 bridgehead atoms. The van der Waals surface area contributed by atoms with E-state index >= 15 is 0 Å². The summed E-state index contributed by atoms with van der Waals surface area (Å²) in [7, 11) is -3.80. The van der Waals surface area contributed by atoms with Crippen LogP contribution in [0.3, 0.4) is 0 Å². The molecule has 2 saturated heterocycles. The van der Waals surface area contributed by atoms with Crippen LogP contribution in [0.25, 0.3) is 10.9 Å². The molecule has 1 N–H and O–H groups in total. The number of halogens is 3. The molecule has 2 fully saturated rings. The summed E-state index contributed by atoms with van der Waals surface area (Å²) in [5.41, 5.74) is -1.84. The van der Waals surface area contributed by atoms with Crippen LogP contribution in [0, 0.1) is 10.8 Å². The van der Waals surface area contributed by atoms with E-state index in [1.165, 1.54) is 17.3 Å². The van der Waals surface area contributed by atoms with Crippen molar-refractivity contribution < 1.29 is 26.4 Å². The van der Waals surface area contributed by atoms with Gasteiger partial charge in [0.05, 0.1) is 15.8 Å². The second-order valence-corrected chi connectivity index (χ2v) is 13.5. The third-order valence-electron chi connectivity index (χ3n) is 7.39. The first kappa shape index (κ1) is 27.6. The highest BCUT2D eigenvalue weighted by atomic mass is 32.2. The van der Waals surface area contributed by atoms with Crippen LogP contribution >= 0.6 is 0 Å². The lowest BCUT2D eigenvalue weighted by atomic mass is 9.81. The van der Waals surface area contributed by atoms with Gasteiger partial charge in [0, 0.05) is 43.0 Å². The van der Waals surface area contributed by atoms with E-state index < -0.39 is 27.0 Å². The number of sulfonamides is 1. The predicted molar refractivity (Wildman–Crippen MR) is 137 cm³/mol. The average molecular weight is 541 g/mol. The Hall–Kier alpha value is -2.40. The van der Waals surface area contributed by atoms with E-state index in [1.54, 1.807) is 29.2 Å². The molecule has 7 nitrogen and oxygen atoms in total. The van der Waals surface area contributed by atoms with Crippen LogP contribution < -0.4 is 10.2 Å². The van der Waals surface area contributed by atoms with Crippen molar-refractivity contribution in [1.82, 2.24) is 14.6 Å². The molecule has 2 aliphatic heterocycles. The van der Waals surface area contributed by atoms with E-state index in [1.807, 2.05) is 20.8 Å². The fourth-order valence-corrected chi connectivity index (χ4v) is 6.49. The van der Waals surface area contributed by atoms with Gasteiger partial charge in [-0.15, -0.1) is 0 Å². The number of aromatic nitrogens is 1. The van der Waals surface area contributed by atoms with Gasteiger partial charge in [0.25, 0.3) is 0 Å². The zero-order valence-electron chi connectivity index (χ0n) is 21.7. The number of piperidine rings is 2. The molecule has 2 aliphatic rings. The summed E-state index contributed by atoms with van der Waals surface area (Å²) in [6, 6.07) is 7.74. The molecule has 37 heavy (non-hydrogen) atoms. The number of pyridine rings is 1. The molecule has 1 aromatic heterocycles. The number of hydrogen-bond donors (Lipinski definition) is 1. The van der Waals surface area contributed by atoms with Gasteiger partial charge < -0.3 is 10.2 Å². The second-order valence-electron chi connectivity index (χ2n) is 11.5. The fourth-order valence-electron chi connectivity index (χ4n) is 4.93. The SMILES string of the molecule is CC(C)(C)C(=O)NC1CCCN(S(=O)(=O)c2ccc3nc(N4CCCC(C)(C(F)(F)F)C4)ccc3c2)C1. The van der Waals surface area contributed by atoms with E-state index in [4.69, 9.17) is 0 Å². The minimum absolute atomic E-state index is 0.0824. The van der Waals surface area contributed by atoms with Crippen molar-refractivity contribution >= 4 is 32.7 Å². The third-order valence-corrected chi connectivity index (χ3v) is 9.25. The summed E-state index contributed by atoms with van der Waals surface area (Å²) < 4.78 is 69.0. The minimum Gasteiger partial charge on any atom is -0.356 e. The number of rotatable bonds is 4. The van der Waals surface area contributed by atoms with Crippen molar-refractivity contribution in [2.75, 3.05) is 31.1 Å². The molecule has 0 radical (unpaired) electrons. The largest absolute Gasteiger partial charge is 0.395 e. The molecule has 4 rings (SSSR count). The molecule has 11 heteroatoms. The topological polar surface area (TPSA) is 82.6 Å². The number of anilines is 1. The molecular formula is C26H35F3N4O3S. The zero-order chi connectivity index (χ0) is 27.2. The van der Waals surface area contributed by atoms with Gasteiger partial charge >= 0.3 is 6.18 Å². The lowest BCUT2D eigenvalue weighted by Crippen LogP contribution is -2.51. The number of carbonyl (C=O) groups excluding carboxylic acids is 1. The average Bonchev–Trinajstić information content (AvgIpc) is 2.82. The van der Waals surface area contributed by atoms with Gasteiger partial charge in [-0.25, -0.2) is 13.4 Å². The quantitative estimate of drug-likeness (QED) is 0.607. The normalized spacial score (nSPS) is 24.3. The lowest BCUT2D eigenvalue weighted by molar-refractivity contribution is -0.219. The molecule has 0 spiro atoms. The Morgan fingerprint density at radius 2 is 1.84 bits per heavy atom. The van der Waals surface area contributed by atoms with Crippen LogP contribution in [0.5, 0.6) is 0 Å². The summed E-state index contributed by atoms with van der Waals surface area (Å²) in [6.07, 6.45) is -2.45. The fraction of sp³-hybridized carbons (Fsp3) is 0.615. The van der Waals surface area contributed by atoms with E-state index in [-0.39, 0.29) is 36.4 Å². The maximum Gasteiger partial charge on any atom is 0.395 e. The first-order valence-corrected chi connectivity index (χ1v) is 14.1. The van der Waals surface area contributed by atoms with Crippen LogP contribution in [0.15, 0.2) is 35.2 Å². The highest BCUT2D eigenvalue weighted by molar-refractivity contribution is 7.89. The predicted octanol–water partition coefficient (Wildman–Crippen LogP) is 4.72. The molecule has 1 amide bonds. The molecule has 204 valence electrons. The van der Waals surface area contributed by atoms with Crippen molar-refractivity contribution in [2.45, 2.75) is 70.5 Å². The Morgan fingerprint density at radius 3 is 2.51 bits per heavy atom. The van der Waals surface area contributed by atoms with Crippen molar-refractivity contribution in [1.29, 1.82) is 0 Å². The second kappa shape index (κ2) is 9.72. The highest BCUT2D eigenvalue weighted by Gasteiger charge is 2.52. The third kappa shape index (κ3) is 5.72. The summed E-state index contributed by atoms with van der Waals surface area (Å²) in [4.78, 5) is 18.7. The van der Waals surface area contributed by atoms with Gasteiger partial charge in [0.2, 0.25) is 15.9 Å². The van der Waals surface area contributed by atoms with Gasteiger partial charge in [-0.3, -0.25) is 4.79 Å². The number of benzene rings is 1. The monoisotopic (exact) mass is 540 g/mol. The summed E-state index contributed by atoms with van der Waals surface area (Å²) >= 11 is 0. The number of nitrogens with one attached hydrogen (secondary N) is 1. The molecule has 0 saturated carbocycles. The molecule has 2 aromatic rings. The highest BCUT2D eigenvalue weighted by Crippen LogP contribution is 2.45. The molecule has 2 atom stereocenters. The van der Waals surface area contributed by atoms with Gasteiger partial charge in [-0.1, -0.05) is 20.8 Å². The van der Waals surface area contributed by atoms with Crippen LogP contribution in [0.4, 0.5) is 19.0 Å². The maximum absolute atomic E-state index is 13.6. The smallest absolute Gasteiger partial charge is 0.356 e. The van der Waals surface area contributed by atoms with Gasteiger partial charge in [-0.05, 0) is 62.9 Å². The van der Waals surface area contributed by atoms with Gasteiger partial charge in [-0.2, -0.15) is 17.5 Å². The number of carbonyl (C=O) groups is 1. The number of amides is 1. The number of hydrogen-bond acceptors (Lipinski definition) is 5. The standard InChI is InChI=1S/C26H35F3N4O3S/c1-24(2,3)23(34)30-19-7-5-14-33(16-19)37(35,36)20-9-10-21-18(15-20)8-11-22(31-21)32-13-6-12-25(4,17-32)26(27,28)29/h8-11,15,19H,5-7,12-14,16-17H2,1-4H3,(H,30,34). The summed E-state index contributed by atoms with van der Waals surface area (Å²) in [6.45, 7) is 7.58. The van der Waals surface area contributed by atoms with Crippen molar-refractivity contribution in [3.05, 3.63) is 30.3 Å². The van der Waals surface area contributed by atoms with Gasteiger partial charge in [0.1, 0.15) is 5.82 Å². The van der Waals surface area contributed by atoms with Crippen molar-refractivity contribution in [3.8, 4) is 0 Å². The first-order valence-electron chi connectivity index (χ1n) is 12.6. The van der Waals surface area contributed by atoms with E-state index in [9.17, 15) is 26.4 Å². The number of nitrogens with zero attached hydrogens (tertiary/aromatic N) is 3. The minimum atomic E-state index is -4.30. The van der Waals surface area contributed by atoms with Crippen LogP contribution in [0.2, 0.25) is 0 Å².